The molecular weight excluding hydrogens is 412 g/mol. The highest BCUT2D eigenvalue weighted by atomic mass is 32.2. The lowest BCUT2D eigenvalue weighted by molar-refractivity contribution is -0.116. The number of hydrogen-bond donors (Lipinski definition) is 1. The number of hydrogen-bond acceptors (Lipinski definition) is 4. The van der Waals surface area contributed by atoms with Crippen LogP contribution in [0.25, 0.3) is 0 Å². The lowest BCUT2D eigenvalue weighted by Gasteiger charge is -2.18. The van der Waals surface area contributed by atoms with E-state index in [-0.39, 0.29) is 10.8 Å². The molecule has 3 aromatic rings. The molecular formula is C23H28N4O3S. The number of sulfonamides is 1. The molecule has 1 N–H and O–H groups in total. The van der Waals surface area contributed by atoms with Crippen molar-refractivity contribution < 1.29 is 13.2 Å². The highest BCUT2D eigenvalue weighted by molar-refractivity contribution is 7.89. The highest BCUT2D eigenvalue weighted by Crippen LogP contribution is 2.17. The first-order chi connectivity index (χ1) is 14.9. The van der Waals surface area contributed by atoms with Gasteiger partial charge in [0.2, 0.25) is 15.9 Å². The quantitative estimate of drug-likeness (QED) is 0.523. The van der Waals surface area contributed by atoms with E-state index in [0.29, 0.717) is 38.2 Å². The normalized spacial score (nSPS) is 11.6. The van der Waals surface area contributed by atoms with Crippen molar-refractivity contribution in [2.75, 3.05) is 18.4 Å². The first-order valence-corrected chi connectivity index (χ1v) is 11.8. The van der Waals surface area contributed by atoms with Crippen molar-refractivity contribution >= 4 is 21.6 Å². The molecule has 2 aromatic carbocycles. The van der Waals surface area contributed by atoms with Gasteiger partial charge in [-0.25, -0.2) is 8.42 Å². The largest absolute Gasteiger partial charge is 0.323 e. The van der Waals surface area contributed by atoms with Crippen LogP contribution in [0, 0.1) is 0 Å². The summed E-state index contributed by atoms with van der Waals surface area (Å²) in [5.74, 6) is -0.112. The van der Waals surface area contributed by atoms with Crippen molar-refractivity contribution in [3.8, 4) is 0 Å². The molecule has 1 aromatic heterocycles. The second-order valence-electron chi connectivity index (χ2n) is 7.19. The Morgan fingerprint density at radius 3 is 2.32 bits per heavy atom. The Hall–Kier alpha value is -2.97. The summed E-state index contributed by atoms with van der Waals surface area (Å²) < 4.78 is 28.3. The fourth-order valence-electron chi connectivity index (χ4n) is 3.31. The van der Waals surface area contributed by atoms with Crippen LogP contribution in [-0.4, -0.2) is 41.5 Å². The zero-order chi connectivity index (χ0) is 22.3. The summed E-state index contributed by atoms with van der Waals surface area (Å²) in [5, 5.41) is 7.14. The Morgan fingerprint density at radius 1 is 1.00 bits per heavy atom. The average Bonchev–Trinajstić information content (AvgIpc) is 3.20. The molecule has 0 aliphatic carbocycles. The number of carbonyl (C=O) groups is 1. The van der Waals surface area contributed by atoms with E-state index in [9.17, 15) is 13.2 Å². The van der Waals surface area contributed by atoms with E-state index in [2.05, 4.69) is 10.4 Å². The van der Waals surface area contributed by atoms with Gasteiger partial charge in [0.25, 0.3) is 0 Å². The van der Waals surface area contributed by atoms with Gasteiger partial charge >= 0.3 is 0 Å². The molecule has 31 heavy (non-hydrogen) atoms. The van der Waals surface area contributed by atoms with Crippen LogP contribution in [0.5, 0.6) is 0 Å². The molecule has 0 radical (unpaired) electrons. The van der Waals surface area contributed by atoms with Crippen molar-refractivity contribution in [1.29, 1.82) is 0 Å². The van der Waals surface area contributed by atoms with Crippen molar-refractivity contribution in [2.24, 2.45) is 0 Å². The summed E-state index contributed by atoms with van der Waals surface area (Å²) in [6.45, 7) is 5.14. The van der Waals surface area contributed by atoms with E-state index < -0.39 is 10.0 Å². The summed E-state index contributed by atoms with van der Waals surface area (Å²) in [4.78, 5) is 12.6. The number of anilines is 1. The lowest BCUT2D eigenvalue weighted by atomic mass is 10.1. The molecule has 0 fully saturated rings. The van der Waals surface area contributed by atoms with Gasteiger partial charge in [-0.1, -0.05) is 56.3 Å². The van der Waals surface area contributed by atoms with E-state index in [0.717, 1.165) is 11.1 Å². The fraction of sp³-hybridized carbons (Fsp3) is 0.304. The predicted octanol–water partition coefficient (Wildman–Crippen LogP) is 3.53. The number of nitrogens with zero attached hydrogens (tertiary/aromatic N) is 3. The second kappa shape index (κ2) is 10.4. The van der Waals surface area contributed by atoms with Gasteiger partial charge < -0.3 is 5.32 Å². The average molecular weight is 441 g/mol. The van der Waals surface area contributed by atoms with Crippen LogP contribution in [0.2, 0.25) is 0 Å². The Morgan fingerprint density at radius 2 is 1.68 bits per heavy atom. The van der Waals surface area contributed by atoms with Gasteiger partial charge in [-0.3, -0.25) is 9.48 Å². The first-order valence-electron chi connectivity index (χ1n) is 10.4. The molecule has 0 unspecified atom stereocenters. The molecule has 1 amide bonds. The van der Waals surface area contributed by atoms with E-state index >= 15 is 0 Å². The summed E-state index contributed by atoms with van der Waals surface area (Å²) in [6.07, 6.45) is 4.26. The first kappa shape index (κ1) is 22.7. The number of aryl methyl sites for hydroxylation is 1. The second-order valence-corrected chi connectivity index (χ2v) is 9.13. The van der Waals surface area contributed by atoms with Crippen LogP contribution in [0.3, 0.4) is 0 Å². The minimum absolute atomic E-state index is 0.112. The van der Waals surface area contributed by atoms with E-state index in [1.165, 1.54) is 4.31 Å². The smallest absolute Gasteiger partial charge is 0.243 e. The maximum atomic E-state index is 12.5. The number of benzene rings is 2. The molecule has 0 bridgehead atoms. The maximum absolute atomic E-state index is 12.5. The van der Waals surface area contributed by atoms with Crippen molar-refractivity contribution in [3.05, 3.63) is 78.1 Å². The van der Waals surface area contributed by atoms with E-state index in [1.807, 2.05) is 44.2 Å². The molecule has 0 saturated heterocycles. The Bertz CT molecular complexity index is 1090. The third kappa shape index (κ3) is 6.02. The minimum Gasteiger partial charge on any atom is -0.323 e. The predicted molar refractivity (Wildman–Crippen MR) is 121 cm³/mol. The Balaban J connectivity index is 1.52. The summed E-state index contributed by atoms with van der Waals surface area (Å²) in [6, 6.07) is 16.7. The number of aromatic nitrogens is 2. The summed E-state index contributed by atoms with van der Waals surface area (Å²) in [5.41, 5.74) is 2.70. The molecule has 7 nitrogen and oxygen atoms in total. The molecule has 0 saturated carbocycles. The summed E-state index contributed by atoms with van der Waals surface area (Å²) >= 11 is 0. The van der Waals surface area contributed by atoms with Crippen molar-refractivity contribution in [1.82, 2.24) is 14.1 Å². The molecule has 8 heteroatoms. The number of nitrogens with one attached hydrogen (secondary N) is 1. The van der Waals surface area contributed by atoms with Crippen LogP contribution in [0.15, 0.2) is 71.9 Å². The molecule has 0 aliphatic rings. The molecule has 0 spiro atoms. The van der Waals surface area contributed by atoms with Gasteiger partial charge in [0.05, 0.1) is 23.3 Å². The molecule has 1 heterocycles. The van der Waals surface area contributed by atoms with E-state index in [1.54, 1.807) is 41.3 Å². The summed E-state index contributed by atoms with van der Waals surface area (Å²) in [7, 11) is -3.47. The highest BCUT2D eigenvalue weighted by Gasteiger charge is 2.21. The monoisotopic (exact) mass is 440 g/mol. The molecule has 3 rings (SSSR count). The number of rotatable bonds is 10. The molecule has 0 atom stereocenters. The Kier molecular flexibility index (Phi) is 7.59. The van der Waals surface area contributed by atoms with Crippen LogP contribution >= 0.6 is 0 Å². The van der Waals surface area contributed by atoms with Crippen LogP contribution < -0.4 is 5.32 Å². The van der Waals surface area contributed by atoms with E-state index in [4.69, 9.17) is 0 Å². The van der Waals surface area contributed by atoms with Gasteiger partial charge in [-0.05, 0) is 29.7 Å². The topological polar surface area (TPSA) is 84.3 Å². The van der Waals surface area contributed by atoms with Gasteiger partial charge in [0.15, 0.2) is 0 Å². The third-order valence-corrected chi connectivity index (χ3v) is 7.08. The minimum atomic E-state index is -3.47. The Labute approximate surface area is 183 Å². The van der Waals surface area contributed by atoms with Gasteiger partial charge in [0, 0.05) is 25.7 Å². The zero-order valence-corrected chi connectivity index (χ0v) is 18.7. The van der Waals surface area contributed by atoms with Crippen LogP contribution in [0.4, 0.5) is 5.69 Å². The zero-order valence-electron chi connectivity index (χ0n) is 17.9. The third-order valence-electron chi connectivity index (χ3n) is 5.01. The number of carbonyl (C=O) groups excluding carboxylic acids is 1. The van der Waals surface area contributed by atoms with Gasteiger partial charge in [-0.15, -0.1) is 0 Å². The van der Waals surface area contributed by atoms with Gasteiger partial charge in [-0.2, -0.15) is 9.40 Å². The molecule has 164 valence electrons. The maximum Gasteiger partial charge on any atom is 0.243 e. The fourth-order valence-corrected chi connectivity index (χ4v) is 4.77. The number of amides is 1. The van der Waals surface area contributed by atoms with Crippen LogP contribution in [0.1, 0.15) is 31.4 Å². The standard InChI is InChI=1S/C23H28N4O3S/c1-3-27(4-2)31(29,30)22-13-10-19(11-14-22)12-15-23(28)25-21-16-24-26(18-21)17-20-8-6-5-7-9-20/h5-11,13-14,16,18H,3-4,12,15,17H2,1-2H3,(H,25,28). The van der Waals surface area contributed by atoms with Crippen molar-refractivity contribution in [2.45, 2.75) is 38.1 Å². The molecule has 0 aliphatic heterocycles. The van der Waals surface area contributed by atoms with Gasteiger partial charge in [0.1, 0.15) is 0 Å². The van der Waals surface area contributed by atoms with Crippen LogP contribution in [-0.2, 0) is 27.8 Å². The lowest BCUT2D eigenvalue weighted by Crippen LogP contribution is -2.30. The van der Waals surface area contributed by atoms with Crippen molar-refractivity contribution in [3.63, 3.8) is 0 Å². The SMILES string of the molecule is CCN(CC)S(=O)(=O)c1ccc(CCC(=O)Nc2cnn(Cc3ccccc3)c2)cc1.